The van der Waals surface area contributed by atoms with Crippen LogP contribution in [0.4, 0.5) is 5.69 Å². The lowest BCUT2D eigenvalue weighted by atomic mass is 9.66. The van der Waals surface area contributed by atoms with E-state index in [2.05, 4.69) is 24.5 Å². The summed E-state index contributed by atoms with van der Waals surface area (Å²) >= 11 is 1.65. The molecule has 3 aliphatic rings. The molecule has 3 aliphatic heterocycles. The van der Waals surface area contributed by atoms with E-state index in [1.807, 2.05) is 60.7 Å². The van der Waals surface area contributed by atoms with Crippen molar-refractivity contribution in [3.63, 3.8) is 0 Å². The monoisotopic (exact) mass is 521 g/mol. The summed E-state index contributed by atoms with van der Waals surface area (Å²) in [5, 5.41) is 16.6. The van der Waals surface area contributed by atoms with Crippen molar-refractivity contribution < 1.29 is 19.5 Å². The van der Waals surface area contributed by atoms with Crippen molar-refractivity contribution in [3.05, 3.63) is 66.2 Å². The van der Waals surface area contributed by atoms with Crippen molar-refractivity contribution in [1.29, 1.82) is 0 Å². The van der Waals surface area contributed by atoms with Gasteiger partial charge in [0.05, 0.1) is 29.2 Å². The van der Waals surface area contributed by atoms with E-state index >= 15 is 0 Å². The number of likely N-dealkylation sites (tertiary alicyclic amines) is 1. The van der Waals surface area contributed by atoms with Crippen molar-refractivity contribution in [2.45, 2.75) is 55.2 Å². The van der Waals surface area contributed by atoms with Gasteiger partial charge in [0.25, 0.3) is 0 Å². The average Bonchev–Trinajstić information content (AvgIpc) is 3.50. The first-order chi connectivity index (χ1) is 17.9. The number of hydrogen-bond acceptors (Lipinski definition) is 5. The third-order valence-electron chi connectivity index (χ3n) is 8.30. The summed E-state index contributed by atoms with van der Waals surface area (Å²) in [5.74, 6) is -1.69. The van der Waals surface area contributed by atoms with Crippen molar-refractivity contribution >= 4 is 35.2 Å². The standard InChI is InChI=1S/C29H35N3O4S/c1-3-4-15-30-27(35)25-29-18(2)16-22(37-29)23(26(34)31-20-13-9-6-10-14-20)24(29)28(36)32(25)21(17-33)19-11-7-5-8-12-19/h5-14,18,21-25,33H,3-4,15-17H2,1-2H3,(H,30,35)(H,31,34)/t18?,21-,22+,23-,24+,25?,29?/m1/s1. The lowest BCUT2D eigenvalue weighted by Gasteiger charge is -2.40. The van der Waals surface area contributed by atoms with Crippen LogP contribution in [-0.4, -0.2) is 56.9 Å². The molecule has 3 N–H and O–H groups in total. The molecule has 7 atom stereocenters. The number of para-hydroxylation sites is 1. The van der Waals surface area contributed by atoms with Crippen LogP contribution in [0.5, 0.6) is 0 Å². The van der Waals surface area contributed by atoms with E-state index in [0.29, 0.717) is 12.2 Å². The minimum absolute atomic E-state index is 0.0370. The molecular weight excluding hydrogens is 486 g/mol. The molecule has 7 nitrogen and oxygen atoms in total. The van der Waals surface area contributed by atoms with Crippen molar-refractivity contribution in [2.75, 3.05) is 18.5 Å². The fraction of sp³-hybridized carbons (Fsp3) is 0.483. The quantitative estimate of drug-likeness (QED) is 0.438. The Balaban J connectivity index is 1.55. The number of aliphatic hydroxyl groups is 1. The van der Waals surface area contributed by atoms with Gasteiger partial charge in [-0.1, -0.05) is 68.8 Å². The number of rotatable bonds is 9. The normalized spacial score (nSPS) is 30.7. The second kappa shape index (κ2) is 10.5. The number of aliphatic hydroxyl groups excluding tert-OH is 1. The number of unbranched alkanes of at least 4 members (excludes halogenated alkanes) is 1. The van der Waals surface area contributed by atoms with Crippen LogP contribution in [0.3, 0.4) is 0 Å². The summed E-state index contributed by atoms with van der Waals surface area (Å²) in [5.41, 5.74) is 1.47. The van der Waals surface area contributed by atoms with Crippen LogP contribution in [0.15, 0.2) is 60.7 Å². The Hall–Kier alpha value is -2.84. The summed E-state index contributed by atoms with van der Waals surface area (Å²) in [6.07, 6.45) is 2.56. The van der Waals surface area contributed by atoms with Crippen LogP contribution in [0, 0.1) is 17.8 Å². The summed E-state index contributed by atoms with van der Waals surface area (Å²) in [7, 11) is 0. The van der Waals surface area contributed by atoms with E-state index < -0.39 is 28.7 Å². The number of nitrogens with one attached hydrogen (secondary N) is 2. The molecule has 5 rings (SSSR count). The van der Waals surface area contributed by atoms with E-state index in [1.54, 1.807) is 16.7 Å². The fourth-order valence-electron chi connectivity index (χ4n) is 6.66. The lowest BCUT2D eigenvalue weighted by Crippen LogP contribution is -2.57. The third-order valence-corrected chi connectivity index (χ3v) is 10.4. The maximum Gasteiger partial charge on any atom is 0.244 e. The van der Waals surface area contributed by atoms with Gasteiger partial charge in [0, 0.05) is 17.5 Å². The van der Waals surface area contributed by atoms with Gasteiger partial charge in [-0.2, -0.15) is 0 Å². The van der Waals surface area contributed by atoms with Gasteiger partial charge in [0.1, 0.15) is 6.04 Å². The topological polar surface area (TPSA) is 98.7 Å². The second-order valence-corrected chi connectivity index (χ2v) is 12.0. The van der Waals surface area contributed by atoms with Crippen LogP contribution in [0.1, 0.15) is 44.7 Å². The smallest absolute Gasteiger partial charge is 0.244 e. The Bertz CT molecular complexity index is 1150. The SMILES string of the molecule is CCCCNC(=O)C1N([C@H](CO)c2ccccc2)C(=O)[C@@H]2[C@H](C(=O)Nc3ccccc3)[C@@H]3CC(C)C12S3. The number of benzene rings is 2. The number of thioether (sulfide) groups is 1. The highest BCUT2D eigenvalue weighted by atomic mass is 32.2. The molecule has 37 heavy (non-hydrogen) atoms. The summed E-state index contributed by atoms with van der Waals surface area (Å²) in [6, 6.07) is 17.2. The molecular formula is C29H35N3O4S. The number of carbonyl (C=O) groups is 3. The van der Waals surface area contributed by atoms with Crippen molar-refractivity contribution in [2.24, 2.45) is 17.8 Å². The number of carbonyl (C=O) groups excluding carboxylic acids is 3. The summed E-state index contributed by atoms with van der Waals surface area (Å²) in [4.78, 5) is 43.5. The molecule has 3 heterocycles. The Morgan fingerprint density at radius 3 is 2.43 bits per heavy atom. The van der Waals surface area contributed by atoms with E-state index in [9.17, 15) is 19.5 Å². The molecule has 8 heteroatoms. The lowest BCUT2D eigenvalue weighted by molar-refractivity contribution is -0.142. The van der Waals surface area contributed by atoms with Gasteiger partial charge < -0.3 is 20.6 Å². The van der Waals surface area contributed by atoms with Gasteiger partial charge in [-0.05, 0) is 36.5 Å². The summed E-state index contributed by atoms with van der Waals surface area (Å²) < 4.78 is -0.723. The molecule has 3 fully saturated rings. The first-order valence-electron chi connectivity index (χ1n) is 13.2. The number of nitrogens with zero attached hydrogens (tertiary/aromatic N) is 1. The molecule has 0 aliphatic carbocycles. The number of amides is 3. The zero-order valence-corrected chi connectivity index (χ0v) is 22.1. The second-order valence-electron chi connectivity index (χ2n) is 10.4. The molecule has 3 unspecified atom stereocenters. The Morgan fingerprint density at radius 1 is 1.11 bits per heavy atom. The molecule has 2 aromatic carbocycles. The van der Waals surface area contributed by atoms with Gasteiger partial charge in [-0.3, -0.25) is 14.4 Å². The van der Waals surface area contributed by atoms with Crippen LogP contribution in [-0.2, 0) is 14.4 Å². The molecule has 0 radical (unpaired) electrons. The van der Waals surface area contributed by atoms with Gasteiger partial charge in [0.2, 0.25) is 17.7 Å². The first-order valence-corrected chi connectivity index (χ1v) is 14.1. The predicted molar refractivity (Wildman–Crippen MR) is 145 cm³/mol. The van der Waals surface area contributed by atoms with E-state index in [1.165, 1.54) is 0 Å². The molecule has 3 saturated heterocycles. The molecule has 3 amide bonds. The zero-order chi connectivity index (χ0) is 26.2. The molecule has 196 valence electrons. The maximum absolute atomic E-state index is 14.3. The molecule has 2 bridgehead atoms. The Kier molecular flexibility index (Phi) is 7.32. The van der Waals surface area contributed by atoms with Crippen LogP contribution < -0.4 is 10.6 Å². The van der Waals surface area contributed by atoms with Gasteiger partial charge in [-0.25, -0.2) is 0 Å². The van der Waals surface area contributed by atoms with E-state index in [0.717, 1.165) is 24.8 Å². The minimum Gasteiger partial charge on any atom is -0.394 e. The Labute approximate surface area is 222 Å². The van der Waals surface area contributed by atoms with Gasteiger partial charge in [-0.15, -0.1) is 11.8 Å². The number of anilines is 1. The molecule has 0 saturated carbocycles. The zero-order valence-electron chi connectivity index (χ0n) is 21.3. The van der Waals surface area contributed by atoms with Gasteiger partial charge >= 0.3 is 0 Å². The largest absolute Gasteiger partial charge is 0.394 e. The number of fused-ring (bicyclic) bond motifs is 1. The highest BCUT2D eigenvalue weighted by Crippen LogP contribution is 2.69. The predicted octanol–water partition coefficient (Wildman–Crippen LogP) is 3.61. The van der Waals surface area contributed by atoms with Crippen molar-refractivity contribution in [3.8, 4) is 0 Å². The highest BCUT2D eigenvalue weighted by Gasteiger charge is 2.76. The minimum atomic E-state index is -0.765. The average molecular weight is 522 g/mol. The molecule has 1 spiro atoms. The van der Waals surface area contributed by atoms with Gasteiger partial charge in [0.15, 0.2) is 0 Å². The molecule has 0 aromatic heterocycles. The fourth-order valence-corrected chi connectivity index (χ4v) is 9.06. The Morgan fingerprint density at radius 2 is 1.78 bits per heavy atom. The maximum atomic E-state index is 14.3. The van der Waals surface area contributed by atoms with Crippen LogP contribution in [0.2, 0.25) is 0 Å². The first kappa shape index (κ1) is 25.8. The highest BCUT2D eigenvalue weighted by molar-refractivity contribution is 8.02. The summed E-state index contributed by atoms with van der Waals surface area (Å²) in [6.45, 7) is 4.39. The molecule has 2 aromatic rings. The van der Waals surface area contributed by atoms with E-state index in [4.69, 9.17) is 0 Å². The van der Waals surface area contributed by atoms with Crippen molar-refractivity contribution in [1.82, 2.24) is 10.2 Å². The third kappa shape index (κ3) is 4.24. The van der Waals surface area contributed by atoms with E-state index in [-0.39, 0.29) is 35.5 Å². The van der Waals surface area contributed by atoms with Crippen LogP contribution >= 0.6 is 11.8 Å². The number of hydrogen-bond donors (Lipinski definition) is 3. The van der Waals surface area contributed by atoms with Crippen LogP contribution in [0.25, 0.3) is 0 Å².